The molecule has 0 heterocycles. The largest absolute Gasteiger partial charge is 0.490 e. The van der Waals surface area contributed by atoms with Gasteiger partial charge in [0.05, 0.1) is 0 Å². The van der Waals surface area contributed by atoms with E-state index in [-0.39, 0.29) is 38.4 Å². The van der Waals surface area contributed by atoms with Gasteiger partial charge >= 0.3 is 12.1 Å². The molecule has 0 radical (unpaired) electrons. The second-order valence-corrected chi connectivity index (χ2v) is 0.803. The molecule has 0 aliphatic rings. The SMILES string of the molecule is O.O.O.O.O=C(O)C(F)(F)F.[Ni]. The minimum Gasteiger partial charge on any atom is -0.475 e. The van der Waals surface area contributed by atoms with E-state index in [1.807, 2.05) is 0 Å². The molecule has 0 aromatic rings. The molecule has 0 amide bonds. The van der Waals surface area contributed by atoms with Crippen molar-refractivity contribution in [2.24, 2.45) is 0 Å². The van der Waals surface area contributed by atoms with E-state index >= 15 is 0 Å². The molecule has 0 rings (SSSR count). The molecule has 0 saturated carbocycles. The number of alkyl halides is 3. The summed E-state index contributed by atoms with van der Waals surface area (Å²) in [6.45, 7) is 0. The van der Waals surface area contributed by atoms with Crippen LogP contribution >= 0.6 is 0 Å². The molecular formula is C2H9F3NiO6. The quantitative estimate of drug-likeness (QED) is 0.460. The molecule has 0 spiro atoms. The van der Waals surface area contributed by atoms with Crippen molar-refractivity contribution in [2.75, 3.05) is 0 Å². The minimum absolute atomic E-state index is 0. The molecule has 0 unspecified atom stereocenters. The Morgan fingerprint density at radius 3 is 1.08 bits per heavy atom. The second kappa shape index (κ2) is 13.2. The van der Waals surface area contributed by atoms with E-state index in [4.69, 9.17) is 9.90 Å². The number of carboxylic acid groups (broad SMARTS) is 1. The van der Waals surface area contributed by atoms with Crippen LogP contribution in [0.4, 0.5) is 13.2 Å². The first kappa shape index (κ1) is 41.6. The van der Waals surface area contributed by atoms with Crippen LogP contribution in [-0.4, -0.2) is 39.2 Å². The summed E-state index contributed by atoms with van der Waals surface area (Å²) in [6.07, 6.45) is -5.08. The molecule has 6 nitrogen and oxygen atoms in total. The van der Waals surface area contributed by atoms with Crippen LogP contribution in [0.5, 0.6) is 0 Å². The smallest absolute Gasteiger partial charge is 0.475 e. The molecule has 0 aromatic heterocycles. The molecule has 9 N–H and O–H groups in total. The molecular weight excluding hydrogens is 236 g/mol. The Labute approximate surface area is 74.5 Å². The molecule has 0 aliphatic heterocycles. The Bertz CT molecular complexity index is 93.3. The molecule has 0 saturated heterocycles. The topological polar surface area (TPSA) is 163 Å². The fraction of sp³-hybridized carbons (Fsp3) is 0.500. The van der Waals surface area contributed by atoms with Crippen molar-refractivity contribution in [1.82, 2.24) is 0 Å². The van der Waals surface area contributed by atoms with E-state index in [1.165, 1.54) is 0 Å². The Hall–Kier alpha value is -0.406. The van der Waals surface area contributed by atoms with Gasteiger partial charge in [-0.15, -0.1) is 0 Å². The number of carbonyl (C=O) groups is 1. The van der Waals surface area contributed by atoms with Gasteiger partial charge in [0.2, 0.25) is 0 Å². The standard InChI is InChI=1S/C2HF3O2.Ni.4H2O/c3-2(4,5)1(6)7;;;;;/h(H,6,7);;4*1H2. The van der Waals surface area contributed by atoms with Crippen molar-refractivity contribution in [1.29, 1.82) is 0 Å². The Balaban J connectivity index is -0.0000000180. The van der Waals surface area contributed by atoms with Crippen LogP contribution in [0.1, 0.15) is 0 Å². The summed E-state index contributed by atoms with van der Waals surface area (Å²) < 4.78 is 31.7. The summed E-state index contributed by atoms with van der Waals surface area (Å²) >= 11 is 0. The minimum atomic E-state index is -5.08. The summed E-state index contributed by atoms with van der Waals surface area (Å²) in [4.78, 5) is 8.90. The number of hydrogen-bond acceptors (Lipinski definition) is 1. The molecule has 12 heavy (non-hydrogen) atoms. The van der Waals surface area contributed by atoms with Gasteiger partial charge in [-0.25, -0.2) is 4.79 Å². The normalized spacial score (nSPS) is 6.58. The van der Waals surface area contributed by atoms with Crippen molar-refractivity contribution < 1.29 is 61.5 Å². The summed E-state index contributed by atoms with van der Waals surface area (Å²) in [7, 11) is 0. The third kappa shape index (κ3) is 22.6. The van der Waals surface area contributed by atoms with Crippen LogP contribution in [0.25, 0.3) is 0 Å². The van der Waals surface area contributed by atoms with Crippen LogP contribution in [0.3, 0.4) is 0 Å². The molecule has 0 aliphatic carbocycles. The molecule has 84 valence electrons. The number of hydrogen-bond donors (Lipinski definition) is 1. The van der Waals surface area contributed by atoms with Crippen LogP contribution in [0, 0.1) is 0 Å². The monoisotopic (exact) mass is 244 g/mol. The van der Waals surface area contributed by atoms with Gasteiger partial charge in [0, 0.05) is 16.5 Å². The summed E-state index contributed by atoms with van der Waals surface area (Å²) in [5.74, 6) is -2.76. The molecule has 10 heteroatoms. The van der Waals surface area contributed by atoms with Gasteiger partial charge in [-0.05, 0) is 0 Å². The first-order valence-corrected chi connectivity index (χ1v) is 1.24. The first-order chi connectivity index (χ1) is 2.94. The van der Waals surface area contributed by atoms with Gasteiger partial charge in [0.25, 0.3) is 0 Å². The summed E-state index contributed by atoms with van der Waals surface area (Å²) in [6, 6.07) is 0. The fourth-order valence-corrected chi connectivity index (χ4v) is 0. The number of aliphatic carboxylic acids is 1. The van der Waals surface area contributed by atoms with Gasteiger partial charge < -0.3 is 27.0 Å². The van der Waals surface area contributed by atoms with Gasteiger partial charge in [-0.1, -0.05) is 0 Å². The van der Waals surface area contributed by atoms with Crippen molar-refractivity contribution in [2.45, 2.75) is 6.18 Å². The predicted molar refractivity (Wildman–Crippen MR) is 28.1 cm³/mol. The average Bonchev–Trinajstić information content (AvgIpc) is 1.31. The van der Waals surface area contributed by atoms with E-state index in [0.717, 1.165) is 0 Å². The zero-order valence-corrected chi connectivity index (χ0v) is 6.29. The van der Waals surface area contributed by atoms with Crippen molar-refractivity contribution >= 4 is 5.97 Å². The molecule has 0 atom stereocenters. The van der Waals surface area contributed by atoms with Crippen molar-refractivity contribution in [3.63, 3.8) is 0 Å². The van der Waals surface area contributed by atoms with Crippen LogP contribution in [-0.2, 0) is 21.3 Å². The van der Waals surface area contributed by atoms with Crippen molar-refractivity contribution in [3.8, 4) is 0 Å². The first-order valence-electron chi connectivity index (χ1n) is 1.24. The fourth-order valence-electron chi connectivity index (χ4n) is 0. The molecule has 0 aromatic carbocycles. The van der Waals surface area contributed by atoms with Crippen LogP contribution in [0.2, 0.25) is 0 Å². The van der Waals surface area contributed by atoms with Crippen molar-refractivity contribution in [3.05, 3.63) is 0 Å². The number of halogens is 3. The Morgan fingerprint density at radius 2 is 1.08 bits per heavy atom. The molecule has 0 bridgehead atoms. The van der Waals surface area contributed by atoms with E-state index in [2.05, 4.69) is 0 Å². The van der Waals surface area contributed by atoms with Crippen LogP contribution in [0.15, 0.2) is 0 Å². The average molecular weight is 245 g/mol. The maximum atomic E-state index is 10.6. The third-order valence-electron chi connectivity index (χ3n) is 0.243. The van der Waals surface area contributed by atoms with Gasteiger partial charge in [-0.3, -0.25) is 0 Å². The Morgan fingerprint density at radius 1 is 1.00 bits per heavy atom. The van der Waals surface area contributed by atoms with Gasteiger partial charge in [0.15, 0.2) is 0 Å². The maximum absolute atomic E-state index is 10.6. The van der Waals surface area contributed by atoms with E-state index in [1.54, 1.807) is 0 Å². The van der Waals surface area contributed by atoms with Gasteiger partial charge in [0.1, 0.15) is 0 Å². The third-order valence-corrected chi connectivity index (χ3v) is 0.243. The maximum Gasteiger partial charge on any atom is 0.490 e. The summed E-state index contributed by atoms with van der Waals surface area (Å²) in [5, 5.41) is 7.12. The summed E-state index contributed by atoms with van der Waals surface area (Å²) in [5.41, 5.74) is 0. The Kier molecular flexibility index (Phi) is 45.8. The molecule has 0 fully saturated rings. The second-order valence-electron chi connectivity index (χ2n) is 0.803. The predicted octanol–water partition coefficient (Wildman–Crippen LogP) is -2.67. The van der Waals surface area contributed by atoms with E-state index in [0.29, 0.717) is 0 Å². The zero-order valence-electron chi connectivity index (χ0n) is 5.31. The van der Waals surface area contributed by atoms with Crippen LogP contribution < -0.4 is 0 Å². The van der Waals surface area contributed by atoms with Gasteiger partial charge in [-0.2, -0.15) is 13.2 Å². The zero-order chi connectivity index (χ0) is 6.08. The van der Waals surface area contributed by atoms with E-state index in [9.17, 15) is 13.2 Å². The van der Waals surface area contributed by atoms with E-state index < -0.39 is 12.1 Å². The number of rotatable bonds is 0. The number of carboxylic acids is 1.